The molecule has 0 aromatic heterocycles. The Labute approximate surface area is 103 Å². The van der Waals surface area contributed by atoms with Crippen LogP contribution in [-0.4, -0.2) is 35.0 Å². The maximum absolute atomic E-state index is 11.4. The fourth-order valence-corrected chi connectivity index (χ4v) is 1.62. The first kappa shape index (κ1) is 14.9. The van der Waals surface area contributed by atoms with Crippen LogP contribution >= 0.6 is 22.6 Å². The summed E-state index contributed by atoms with van der Waals surface area (Å²) in [6, 6.07) is 0. The molecule has 0 spiro atoms. The predicted octanol–water partition coefficient (Wildman–Crippen LogP) is 1.25. The predicted molar refractivity (Wildman–Crippen MR) is 65.6 cm³/mol. The molecule has 2 atom stereocenters. The molecule has 2 N–H and O–H groups in total. The monoisotopic (exact) mass is 328 g/mol. The van der Waals surface area contributed by atoms with E-state index in [1.165, 1.54) is 4.08 Å². The van der Waals surface area contributed by atoms with Crippen molar-refractivity contribution in [1.82, 2.24) is 0 Å². The van der Waals surface area contributed by atoms with E-state index in [9.17, 15) is 15.0 Å². The number of ether oxygens (including phenoxy) is 1. The fourth-order valence-electron chi connectivity index (χ4n) is 0.993. The number of aliphatic hydroxyl groups excluding tert-OH is 2. The number of carbonyl (C=O) groups is 1. The number of esters is 1. The fraction of sp³-hybridized carbons (Fsp3) is 0.700. The van der Waals surface area contributed by atoms with E-state index >= 15 is 0 Å². The molecule has 0 aromatic carbocycles. The zero-order chi connectivity index (χ0) is 12.0. The second kappa shape index (κ2) is 7.19. The summed E-state index contributed by atoms with van der Waals surface area (Å²) >= 11 is 1.84. The van der Waals surface area contributed by atoms with Crippen LogP contribution in [0, 0.1) is 5.92 Å². The van der Waals surface area contributed by atoms with Crippen molar-refractivity contribution in [3.8, 4) is 0 Å². The van der Waals surface area contributed by atoms with Crippen molar-refractivity contribution in [2.45, 2.75) is 33.0 Å². The molecule has 0 aliphatic rings. The number of halogens is 1. The Hall–Kier alpha value is -0.140. The number of carbonyl (C=O) groups excluding carboxylic acids is 1. The van der Waals surface area contributed by atoms with Gasteiger partial charge in [0.05, 0.1) is 18.3 Å². The van der Waals surface area contributed by atoms with Crippen LogP contribution in [0.5, 0.6) is 0 Å². The van der Waals surface area contributed by atoms with E-state index in [2.05, 4.69) is 0 Å². The summed E-state index contributed by atoms with van der Waals surface area (Å²) in [6.45, 7) is 5.47. The standard InChI is InChI=1S/C10H17IO4/c1-4-15-10(14)7(5-11)9(13)8(12)6(2)3/h5-6,8-9,12-13H,4H2,1-3H3/b7-5-/t8-,9+/m1/s1. The lowest BCUT2D eigenvalue weighted by atomic mass is 9.97. The van der Waals surface area contributed by atoms with E-state index in [0.717, 1.165) is 0 Å². The molecular weight excluding hydrogens is 311 g/mol. The second-order valence-electron chi connectivity index (χ2n) is 3.46. The maximum atomic E-state index is 11.4. The number of hydrogen-bond donors (Lipinski definition) is 2. The first-order valence-electron chi connectivity index (χ1n) is 4.79. The highest BCUT2D eigenvalue weighted by Gasteiger charge is 2.28. The van der Waals surface area contributed by atoms with Gasteiger partial charge >= 0.3 is 5.97 Å². The van der Waals surface area contributed by atoms with Crippen LogP contribution in [0.25, 0.3) is 0 Å². The largest absolute Gasteiger partial charge is 0.463 e. The van der Waals surface area contributed by atoms with Crippen molar-refractivity contribution < 1.29 is 19.7 Å². The van der Waals surface area contributed by atoms with Gasteiger partial charge in [-0.15, -0.1) is 0 Å². The average Bonchev–Trinajstić information content (AvgIpc) is 2.17. The minimum Gasteiger partial charge on any atom is -0.463 e. The summed E-state index contributed by atoms with van der Waals surface area (Å²) in [5, 5.41) is 19.3. The van der Waals surface area contributed by atoms with Crippen LogP contribution in [0.15, 0.2) is 9.66 Å². The van der Waals surface area contributed by atoms with E-state index in [1.54, 1.807) is 20.8 Å². The number of aliphatic hydroxyl groups is 2. The molecule has 0 aromatic rings. The van der Waals surface area contributed by atoms with Crippen LogP contribution in [0.2, 0.25) is 0 Å². The van der Waals surface area contributed by atoms with Gasteiger partial charge in [0.2, 0.25) is 0 Å². The van der Waals surface area contributed by atoms with E-state index < -0.39 is 18.2 Å². The summed E-state index contributed by atoms with van der Waals surface area (Å²) < 4.78 is 6.20. The molecule has 88 valence electrons. The lowest BCUT2D eigenvalue weighted by molar-refractivity contribution is -0.140. The zero-order valence-electron chi connectivity index (χ0n) is 9.11. The van der Waals surface area contributed by atoms with Crippen LogP contribution in [0.4, 0.5) is 0 Å². The van der Waals surface area contributed by atoms with E-state index in [-0.39, 0.29) is 18.1 Å². The molecule has 0 radical (unpaired) electrons. The molecule has 0 heterocycles. The van der Waals surface area contributed by atoms with Gasteiger partial charge in [0.25, 0.3) is 0 Å². The topological polar surface area (TPSA) is 66.8 Å². The van der Waals surface area contributed by atoms with E-state index in [1.807, 2.05) is 22.6 Å². The molecule has 0 amide bonds. The highest BCUT2D eigenvalue weighted by atomic mass is 127. The molecule has 0 rings (SSSR count). The summed E-state index contributed by atoms with van der Waals surface area (Å²) in [7, 11) is 0. The van der Waals surface area contributed by atoms with Crippen molar-refractivity contribution in [3.63, 3.8) is 0 Å². The molecule has 0 saturated carbocycles. The first-order valence-corrected chi connectivity index (χ1v) is 6.03. The SMILES string of the molecule is CCOC(=O)/C(=C\I)[C@H](O)[C@H](O)C(C)C. The van der Waals surface area contributed by atoms with Gasteiger partial charge in [0.1, 0.15) is 6.10 Å². The third kappa shape index (κ3) is 4.48. The van der Waals surface area contributed by atoms with Crippen molar-refractivity contribution in [1.29, 1.82) is 0 Å². The molecule has 5 heteroatoms. The second-order valence-corrected chi connectivity index (χ2v) is 4.09. The molecule has 0 aliphatic heterocycles. The molecule has 0 saturated heterocycles. The average molecular weight is 328 g/mol. The van der Waals surface area contributed by atoms with Gasteiger partial charge in [0.15, 0.2) is 0 Å². The van der Waals surface area contributed by atoms with Gasteiger partial charge in [-0.05, 0) is 16.9 Å². The van der Waals surface area contributed by atoms with Gasteiger partial charge in [0, 0.05) is 0 Å². The normalized spacial score (nSPS) is 16.3. The Balaban J connectivity index is 4.62. The summed E-state index contributed by atoms with van der Waals surface area (Å²) in [5.41, 5.74) is 0.0960. The van der Waals surface area contributed by atoms with Crippen LogP contribution in [0.3, 0.4) is 0 Å². The highest BCUT2D eigenvalue weighted by molar-refractivity contribution is 14.1. The molecule has 15 heavy (non-hydrogen) atoms. The molecule has 0 aliphatic carbocycles. The van der Waals surface area contributed by atoms with Gasteiger partial charge in [-0.25, -0.2) is 4.79 Å². The van der Waals surface area contributed by atoms with Crippen LogP contribution < -0.4 is 0 Å². The number of rotatable bonds is 5. The Kier molecular flexibility index (Phi) is 7.12. The van der Waals surface area contributed by atoms with Gasteiger partial charge in [-0.1, -0.05) is 36.4 Å². The first-order chi connectivity index (χ1) is 6.95. The third-order valence-corrected chi connectivity index (χ3v) is 2.62. The van der Waals surface area contributed by atoms with Crippen LogP contribution in [0.1, 0.15) is 20.8 Å². The summed E-state index contributed by atoms with van der Waals surface area (Å²) in [5.74, 6) is -0.708. The van der Waals surface area contributed by atoms with Gasteiger partial charge in [-0.2, -0.15) is 0 Å². The van der Waals surface area contributed by atoms with E-state index in [0.29, 0.717) is 0 Å². The van der Waals surface area contributed by atoms with Crippen molar-refractivity contribution in [2.75, 3.05) is 6.61 Å². The highest BCUT2D eigenvalue weighted by Crippen LogP contribution is 2.16. The lowest BCUT2D eigenvalue weighted by Crippen LogP contribution is -2.35. The Morgan fingerprint density at radius 3 is 2.33 bits per heavy atom. The Bertz CT molecular complexity index is 238. The Morgan fingerprint density at radius 2 is 2.00 bits per heavy atom. The van der Waals surface area contributed by atoms with Gasteiger partial charge in [-0.3, -0.25) is 0 Å². The Morgan fingerprint density at radius 1 is 1.47 bits per heavy atom. The maximum Gasteiger partial charge on any atom is 0.337 e. The minimum absolute atomic E-state index is 0.0960. The summed E-state index contributed by atoms with van der Waals surface area (Å²) in [4.78, 5) is 11.4. The summed E-state index contributed by atoms with van der Waals surface area (Å²) in [6.07, 6.45) is -2.16. The molecule has 0 unspecified atom stereocenters. The molecular formula is C10H17IO4. The van der Waals surface area contributed by atoms with E-state index in [4.69, 9.17) is 4.74 Å². The van der Waals surface area contributed by atoms with Crippen molar-refractivity contribution in [3.05, 3.63) is 9.66 Å². The third-order valence-electron chi connectivity index (χ3n) is 1.95. The molecule has 0 fully saturated rings. The quantitative estimate of drug-likeness (QED) is 0.453. The molecule has 4 nitrogen and oxygen atoms in total. The lowest BCUT2D eigenvalue weighted by Gasteiger charge is -2.22. The van der Waals surface area contributed by atoms with Gasteiger partial charge < -0.3 is 14.9 Å². The van der Waals surface area contributed by atoms with Crippen molar-refractivity contribution in [2.24, 2.45) is 5.92 Å². The van der Waals surface area contributed by atoms with Crippen molar-refractivity contribution >= 4 is 28.6 Å². The molecule has 0 bridgehead atoms. The zero-order valence-corrected chi connectivity index (χ0v) is 11.3. The van der Waals surface area contributed by atoms with Crippen LogP contribution in [-0.2, 0) is 9.53 Å². The minimum atomic E-state index is -1.19. The smallest absolute Gasteiger partial charge is 0.337 e. The number of hydrogen-bond acceptors (Lipinski definition) is 4.